The average Bonchev–Trinajstić information content (AvgIpc) is 3.34. The van der Waals surface area contributed by atoms with Crippen LogP contribution in [0.4, 0.5) is 10.7 Å². The van der Waals surface area contributed by atoms with Crippen LogP contribution in [-0.2, 0) is 19.4 Å². The third kappa shape index (κ3) is 7.63. The van der Waals surface area contributed by atoms with Crippen molar-refractivity contribution in [2.75, 3.05) is 12.4 Å². The molecular formula is C34H33BrCl2N2O3S. The Bertz CT molecular complexity index is 1640. The molecule has 43 heavy (non-hydrogen) atoms. The zero-order valence-corrected chi connectivity index (χ0v) is 28.4. The third-order valence-electron chi connectivity index (χ3n) is 7.68. The average molecular weight is 701 g/mol. The van der Waals surface area contributed by atoms with Crippen LogP contribution in [0.5, 0.6) is 11.5 Å². The number of ether oxygens (including phenoxy) is 2. The molecule has 5 rings (SSSR count). The van der Waals surface area contributed by atoms with Crippen LogP contribution in [0.1, 0.15) is 59.1 Å². The summed E-state index contributed by atoms with van der Waals surface area (Å²) in [6, 6.07) is 18.5. The number of amides is 1. The maximum absolute atomic E-state index is 13.7. The van der Waals surface area contributed by atoms with Gasteiger partial charge in [0.25, 0.3) is 5.91 Å². The summed E-state index contributed by atoms with van der Waals surface area (Å²) in [4.78, 5) is 19.8. The number of benzene rings is 3. The van der Waals surface area contributed by atoms with Gasteiger partial charge in [-0.2, -0.15) is 0 Å². The van der Waals surface area contributed by atoms with E-state index in [-0.39, 0.29) is 11.3 Å². The van der Waals surface area contributed by atoms with Crippen LogP contribution in [0.15, 0.2) is 70.1 Å². The Kier molecular flexibility index (Phi) is 9.86. The number of nitrogens with zero attached hydrogens (tertiary/aromatic N) is 1. The van der Waals surface area contributed by atoms with Crippen molar-refractivity contribution in [1.29, 1.82) is 0 Å². The van der Waals surface area contributed by atoms with Gasteiger partial charge in [-0.1, -0.05) is 56.1 Å². The standard InChI is InChI=1S/C34H33BrCl2N2O3S/c1-34(2,3)22-7-14-26-29(17-22)43-33(30(26)32(40)39-25-12-10-24(37)11-13-25)38-18-21-15-27(35)31(28(16-21)41-4)42-19-20-5-8-23(36)9-6-20/h5-6,8-13,15-16,18,22H,7,14,17,19H2,1-4H3,(H,39,40)/t22-/m0/s1. The molecular weight excluding hydrogens is 667 g/mol. The molecule has 0 unspecified atom stereocenters. The molecule has 1 aromatic heterocycles. The van der Waals surface area contributed by atoms with E-state index in [1.54, 1.807) is 48.9 Å². The first kappa shape index (κ1) is 31.6. The highest BCUT2D eigenvalue weighted by Gasteiger charge is 2.33. The number of nitrogens with one attached hydrogen (secondary N) is 1. The number of anilines is 1. The number of thiophene rings is 1. The predicted octanol–water partition coefficient (Wildman–Crippen LogP) is 10.6. The van der Waals surface area contributed by atoms with Gasteiger partial charge in [0, 0.05) is 26.8 Å². The van der Waals surface area contributed by atoms with E-state index in [0.717, 1.165) is 40.4 Å². The molecule has 5 nitrogen and oxygen atoms in total. The maximum Gasteiger partial charge on any atom is 0.259 e. The number of carbonyl (C=O) groups excluding carboxylic acids is 1. The first-order chi connectivity index (χ1) is 20.5. The molecule has 0 bridgehead atoms. The molecule has 3 aromatic carbocycles. The zero-order chi connectivity index (χ0) is 30.7. The lowest BCUT2D eigenvalue weighted by molar-refractivity contribution is 0.102. The molecule has 9 heteroatoms. The van der Waals surface area contributed by atoms with Crippen molar-refractivity contribution in [3.8, 4) is 11.5 Å². The summed E-state index contributed by atoms with van der Waals surface area (Å²) in [5, 5.41) is 5.05. The molecule has 0 spiro atoms. The van der Waals surface area contributed by atoms with Crippen molar-refractivity contribution in [3.63, 3.8) is 0 Å². The quantitative estimate of drug-likeness (QED) is 0.186. The second-order valence-corrected chi connectivity index (χ2v) is 14.5. The topological polar surface area (TPSA) is 59.9 Å². The number of halogens is 3. The van der Waals surface area contributed by atoms with E-state index in [0.29, 0.717) is 50.3 Å². The lowest BCUT2D eigenvalue weighted by Gasteiger charge is -2.33. The molecule has 1 aliphatic carbocycles. The van der Waals surface area contributed by atoms with E-state index in [2.05, 4.69) is 42.0 Å². The Hall–Kier alpha value is -2.84. The van der Waals surface area contributed by atoms with Crippen LogP contribution in [-0.4, -0.2) is 19.2 Å². The Labute approximate surface area is 275 Å². The van der Waals surface area contributed by atoms with Crippen LogP contribution in [0.2, 0.25) is 10.0 Å². The summed E-state index contributed by atoms with van der Waals surface area (Å²) in [5.74, 6) is 1.55. The van der Waals surface area contributed by atoms with E-state index in [1.807, 2.05) is 36.4 Å². The van der Waals surface area contributed by atoms with Gasteiger partial charge in [0.1, 0.15) is 11.6 Å². The summed E-state index contributed by atoms with van der Waals surface area (Å²) in [7, 11) is 1.61. The summed E-state index contributed by atoms with van der Waals surface area (Å²) < 4.78 is 12.5. The van der Waals surface area contributed by atoms with Gasteiger partial charge in [0.05, 0.1) is 17.1 Å². The van der Waals surface area contributed by atoms with Crippen molar-refractivity contribution < 1.29 is 14.3 Å². The zero-order valence-electron chi connectivity index (χ0n) is 24.5. The maximum atomic E-state index is 13.7. The normalized spacial score (nSPS) is 14.9. The number of fused-ring (bicyclic) bond motifs is 1. The minimum Gasteiger partial charge on any atom is -0.493 e. The fraction of sp³-hybridized carbons (Fsp3) is 0.294. The largest absolute Gasteiger partial charge is 0.493 e. The van der Waals surface area contributed by atoms with Gasteiger partial charge in [-0.05, 0) is 112 Å². The highest BCUT2D eigenvalue weighted by atomic mass is 79.9. The van der Waals surface area contributed by atoms with Crippen molar-refractivity contribution >= 4 is 73.3 Å². The molecule has 0 saturated carbocycles. The van der Waals surface area contributed by atoms with Gasteiger partial charge in [-0.15, -0.1) is 11.3 Å². The molecule has 0 fully saturated rings. The molecule has 224 valence electrons. The van der Waals surface area contributed by atoms with E-state index < -0.39 is 0 Å². The number of hydrogen-bond acceptors (Lipinski definition) is 5. The molecule has 0 radical (unpaired) electrons. The highest BCUT2D eigenvalue weighted by molar-refractivity contribution is 9.10. The summed E-state index contributed by atoms with van der Waals surface area (Å²) in [6.07, 6.45) is 4.61. The fourth-order valence-corrected chi connectivity index (χ4v) is 7.28. The van der Waals surface area contributed by atoms with Gasteiger partial charge in [0.15, 0.2) is 11.5 Å². The molecule has 0 aliphatic heterocycles. The summed E-state index contributed by atoms with van der Waals surface area (Å²) in [6.45, 7) is 7.23. The van der Waals surface area contributed by atoms with Crippen molar-refractivity contribution in [3.05, 3.63) is 102 Å². The van der Waals surface area contributed by atoms with E-state index in [1.165, 1.54) is 4.88 Å². The number of hydrogen-bond donors (Lipinski definition) is 1. The second-order valence-electron chi connectivity index (χ2n) is 11.7. The molecule has 1 N–H and O–H groups in total. The Morgan fingerprint density at radius 3 is 2.42 bits per heavy atom. The van der Waals surface area contributed by atoms with E-state index in [9.17, 15) is 4.79 Å². The van der Waals surface area contributed by atoms with Crippen molar-refractivity contribution in [2.45, 2.75) is 46.6 Å². The lowest BCUT2D eigenvalue weighted by atomic mass is 9.72. The van der Waals surface area contributed by atoms with Crippen LogP contribution in [0.3, 0.4) is 0 Å². The highest BCUT2D eigenvalue weighted by Crippen LogP contribution is 2.45. The smallest absolute Gasteiger partial charge is 0.259 e. The van der Waals surface area contributed by atoms with Crippen LogP contribution < -0.4 is 14.8 Å². The van der Waals surface area contributed by atoms with Crippen molar-refractivity contribution in [2.24, 2.45) is 16.3 Å². The summed E-state index contributed by atoms with van der Waals surface area (Å²) in [5.41, 5.74) is 4.43. The Balaban J connectivity index is 1.44. The summed E-state index contributed by atoms with van der Waals surface area (Å²) >= 11 is 17.3. The molecule has 1 atom stereocenters. The van der Waals surface area contributed by atoms with Gasteiger partial charge in [0.2, 0.25) is 0 Å². The lowest BCUT2D eigenvalue weighted by Crippen LogP contribution is -2.27. The van der Waals surface area contributed by atoms with Gasteiger partial charge in [-0.3, -0.25) is 4.79 Å². The van der Waals surface area contributed by atoms with Crippen molar-refractivity contribution in [1.82, 2.24) is 0 Å². The second kappa shape index (κ2) is 13.4. The fourth-order valence-electron chi connectivity index (χ4n) is 5.19. The predicted molar refractivity (Wildman–Crippen MR) is 182 cm³/mol. The minimum atomic E-state index is -0.161. The third-order valence-corrected chi connectivity index (χ3v) is 9.94. The number of carbonyl (C=O) groups is 1. The number of rotatable bonds is 8. The van der Waals surface area contributed by atoms with E-state index in [4.69, 9.17) is 37.7 Å². The first-order valence-corrected chi connectivity index (χ1v) is 16.4. The molecule has 4 aromatic rings. The van der Waals surface area contributed by atoms with Gasteiger partial charge >= 0.3 is 0 Å². The minimum absolute atomic E-state index is 0.161. The van der Waals surface area contributed by atoms with Gasteiger partial charge in [-0.25, -0.2) is 4.99 Å². The monoisotopic (exact) mass is 698 g/mol. The Morgan fingerprint density at radius 2 is 1.77 bits per heavy atom. The Morgan fingerprint density at radius 1 is 1.09 bits per heavy atom. The van der Waals surface area contributed by atoms with E-state index >= 15 is 0 Å². The first-order valence-electron chi connectivity index (χ1n) is 14.0. The van der Waals surface area contributed by atoms with Crippen LogP contribution in [0, 0.1) is 11.3 Å². The number of methoxy groups -OCH3 is 1. The SMILES string of the molecule is COc1cc(C=Nc2sc3c(c2C(=O)Nc2ccc(Cl)cc2)CC[C@H](C(C)(C)C)C3)cc(Br)c1OCc1ccc(Cl)cc1. The van der Waals surface area contributed by atoms with Crippen LogP contribution in [0.25, 0.3) is 0 Å². The molecule has 1 heterocycles. The van der Waals surface area contributed by atoms with Crippen LogP contribution >= 0.6 is 50.5 Å². The number of aliphatic imine (C=N–C) groups is 1. The molecule has 1 aliphatic rings. The molecule has 1 amide bonds. The molecule has 0 saturated heterocycles. The van der Waals surface area contributed by atoms with Gasteiger partial charge < -0.3 is 14.8 Å².